The molecular weight excluding hydrogens is 259 g/mol. The van der Waals surface area contributed by atoms with Crippen LogP contribution in [0.15, 0.2) is 24.3 Å². The Hall–Kier alpha value is -1.43. The highest BCUT2D eigenvalue weighted by Gasteiger charge is 2.27. The molecule has 1 N–H and O–H groups in total. The number of nitro groups is 1. The fraction of sp³-hybridized carbons (Fsp3) is 0.400. The van der Waals surface area contributed by atoms with E-state index in [1.54, 1.807) is 19.9 Å². The van der Waals surface area contributed by atoms with Gasteiger partial charge in [0.2, 0.25) is 0 Å². The predicted octanol–water partition coefficient (Wildman–Crippen LogP) is 3.19. The number of nitro benzene ring substituents is 1. The van der Waals surface area contributed by atoms with Crippen LogP contribution in [0, 0.1) is 10.1 Å². The highest BCUT2D eigenvalue weighted by atomic mass is 31.2. The summed E-state index contributed by atoms with van der Waals surface area (Å²) < 4.78 is 22.2. The zero-order valence-electron chi connectivity index (χ0n) is 10.2. The van der Waals surface area contributed by atoms with Crippen molar-refractivity contribution in [1.82, 2.24) is 0 Å². The van der Waals surface area contributed by atoms with Gasteiger partial charge in [-0.05, 0) is 19.9 Å². The van der Waals surface area contributed by atoms with Crippen molar-refractivity contribution in [2.45, 2.75) is 13.8 Å². The van der Waals surface area contributed by atoms with E-state index in [1.807, 2.05) is 0 Å². The molecule has 7 nitrogen and oxygen atoms in total. The molecule has 8 heteroatoms. The SMILES string of the molecule is CCOP(=O)(Nc1ccccc1[N+](=O)[O-])OCC. The number of nitrogens with one attached hydrogen (secondary N) is 1. The van der Waals surface area contributed by atoms with Crippen LogP contribution in [0.4, 0.5) is 11.4 Å². The third kappa shape index (κ3) is 3.80. The van der Waals surface area contributed by atoms with Gasteiger partial charge in [0.1, 0.15) is 5.69 Å². The van der Waals surface area contributed by atoms with Crippen LogP contribution in [-0.4, -0.2) is 18.1 Å². The second-order valence-electron chi connectivity index (χ2n) is 3.22. The average molecular weight is 274 g/mol. The minimum atomic E-state index is -3.56. The summed E-state index contributed by atoms with van der Waals surface area (Å²) in [6.45, 7) is 3.66. The highest BCUT2D eigenvalue weighted by Crippen LogP contribution is 2.49. The summed E-state index contributed by atoms with van der Waals surface area (Å²) in [6, 6.07) is 5.88. The fourth-order valence-corrected chi connectivity index (χ4v) is 2.68. The van der Waals surface area contributed by atoms with Gasteiger partial charge in [0, 0.05) is 6.07 Å². The maximum absolute atomic E-state index is 12.2. The maximum Gasteiger partial charge on any atom is 0.432 e. The smallest absolute Gasteiger partial charge is 0.293 e. The molecular formula is C10H15N2O5P. The lowest BCUT2D eigenvalue weighted by atomic mass is 10.3. The molecule has 1 aromatic carbocycles. The average Bonchev–Trinajstić information content (AvgIpc) is 2.29. The van der Waals surface area contributed by atoms with Gasteiger partial charge in [0.15, 0.2) is 0 Å². The minimum absolute atomic E-state index is 0.104. The van der Waals surface area contributed by atoms with Crippen LogP contribution in [-0.2, 0) is 13.6 Å². The van der Waals surface area contributed by atoms with Gasteiger partial charge >= 0.3 is 7.75 Å². The number of para-hydroxylation sites is 2. The van der Waals surface area contributed by atoms with E-state index in [0.29, 0.717) is 0 Å². The van der Waals surface area contributed by atoms with Crippen LogP contribution in [0.2, 0.25) is 0 Å². The Morgan fingerprint density at radius 3 is 2.33 bits per heavy atom. The second-order valence-corrected chi connectivity index (χ2v) is 4.95. The monoisotopic (exact) mass is 274 g/mol. The molecule has 0 bridgehead atoms. The maximum atomic E-state index is 12.2. The molecule has 100 valence electrons. The zero-order valence-corrected chi connectivity index (χ0v) is 11.1. The second kappa shape index (κ2) is 6.49. The van der Waals surface area contributed by atoms with E-state index >= 15 is 0 Å². The Labute approximate surface area is 105 Å². The molecule has 0 saturated heterocycles. The standard InChI is InChI=1S/C10H15N2O5P/c1-3-16-18(15,17-4-2)11-9-7-5-6-8-10(9)12(13)14/h5-8H,3-4H2,1-2H3,(H,11,15). The molecule has 1 aromatic rings. The van der Waals surface area contributed by atoms with Gasteiger partial charge in [-0.25, -0.2) is 4.57 Å². The van der Waals surface area contributed by atoms with Crippen LogP contribution >= 0.6 is 7.75 Å². The molecule has 0 heterocycles. The van der Waals surface area contributed by atoms with Crippen molar-refractivity contribution in [2.24, 2.45) is 0 Å². The van der Waals surface area contributed by atoms with Gasteiger partial charge in [-0.15, -0.1) is 0 Å². The van der Waals surface area contributed by atoms with Crippen molar-refractivity contribution in [1.29, 1.82) is 0 Å². The fourth-order valence-electron chi connectivity index (χ4n) is 1.32. The zero-order chi connectivity index (χ0) is 13.6. The Morgan fingerprint density at radius 1 is 1.28 bits per heavy atom. The summed E-state index contributed by atoms with van der Waals surface area (Å²) in [7, 11) is -3.56. The summed E-state index contributed by atoms with van der Waals surface area (Å²) >= 11 is 0. The Morgan fingerprint density at radius 2 is 1.83 bits per heavy atom. The van der Waals surface area contributed by atoms with Gasteiger partial charge in [0.25, 0.3) is 5.69 Å². The molecule has 0 aliphatic heterocycles. The van der Waals surface area contributed by atoms with Gasteiger partial charge in [-0.2, -0.15) is 0 Å². The molecule has 0 radical (unpaired) electrons. The number of hydrogen-bond acceptors (Lipinski definition) is 5. The summed E-state index contributed by atoms with van der Waals surface area (Å²) in [6.07, 6.45) is 0. The van der Waals surface area contributed by atoms with Crippen molar-refractivity contribution in [3.8, 4) is 0 Å². The molecule has 0 amide bonds. The van der Waals surface area contributed by atoms with Crippen molar-refractivity contribution < 1.29 is 18.5 Å². The molecule has 0 unspecified atom stereocenters. The van der Waals surface area contributed by atoms with Crippen LogP contribution in [0.1, 0.15) is 13.8 Å². The van der Waals surface area contributed by atoms with Crippen LogP contribution in [0.5, 0.6) is 0 Å². The van der Waals surface area contributed by atoms with Crippen molar-refractivity contribution >= 4 is 19.1 Å². The van der Waals surface area contributed by atoms with E-state index < -0.39 is 12.7 Å². The number of nitrogens with zero attached hydrogens (tertiary/aromatic N) is 1. The molecule has 0 aliphatic rings. The lowest BCUT2D eigenvalue weighted by Crippen LogP contribution is -2.06. The Kier molecular flexibility index (Phi) is 5.27. The quantitative estimate of drug-likeness (QED) is 0.466. The van der Waals surface area contributed by atoms with E-state index in [9.17, 15) is 14.7 Å². The summed E-state index contributed by atoms with van der Waals surface area (Å²) in [5.41, 5.74) is -0.0788. The Bertz CT molecular complexity index is 455. The lowest BCUT2D eigenvalue weighted by molar-refractivity contribution is -0.383. The lowest BCUT2D eigenvalue weighted by Gasteiger charge is -2.18. The molecule has 0 aliphatic carbocycles. The first-order valence-electron chi connectivity index (χ1n) is 5.43. The molecule has 0 saturated carbocycles. The van der Waals surface area contributed by atoms with Gasteiger partial charge in [-0.1, -0.05) is 12.1 Å². The van der Waals surface area contributed by atoms with E-state index in [-0.39, 0.29) is 24.6 Å². The predicted molar refractivity (Wildman–Crippen MR) is 67.6 cm³/mol. The van der Waals surface area contributed by atoms with Crippen LogP contribution < -0.4 is 5.09 Å². The molecule has 18 heavy (non-hydrogen) atoms. The first kappa shape index (κ1) is 14.6. The van der Waals surface area contributed by atoms with Gasteiger partial charge in [-0.3, -0.25) is 24.2 Å². The number of rotatable bonds is 7. The number of anilines is 1. The van der Waals surface area contributed by atoms with E-state index in [0.717, 1.165) is 0 Å². The molecule has 0 spiro atoms. The van der Waals surface area contributed by atoms with Crippen LogP contribution in [0.25, 0.3) is 0 Å². The van der Waals surface area contributed by atoms with Crippen LogP contribution in [0.3, 0.4) is 0 Å². The minimum Gasteiger partial charge on any atom is -0.293 e. The highest BCUT2D eigenvalue weighted by molar-refractivity contribution is 7.55. The normalized spacial score (nSPS) is 11.2. The third-order valence-electron chi connectivity index (χ3n) is 1.96. The van der Waals surface area contributed by atoms with Gasteiger partial charge in [0.05, 0.1) is 18.1 Å². The van der Waals surface area contributed by atoms with Gasteiger partial charge < -0.3 is 0 Å². The summed E-state index contributed by atoms with van der Waals surface area (Å²) in [5, 5.41) is 13.3. The van der Waals surface area contributed by atoms with Crippen molar-refractivity contribution in [3.63, 3.8) is 0 Å². The molecule has 0 aromatic heterocycles. The van der Waals surface area contributed by atoms with E-state index in [1.165, 1.54) is 18.2 Å². The third-order valence-corrected chi connectivity index (χ3v) is 3.67. The van der Waals surface area contributed by atoms with E-state index in [4.69, 9.17) is 9.05 Å². The van der Waals surface area contributed by atoms with Crippen molar-refractivity contribution in [2.75, 3.05) is 18.3 Å². The molecule has 0 fully saturated rings. The Balaban J connectivity index is 3.01. The van der Waals surface area contributed by atoms with Crippen molar-refractivity contribution in [3.05, 3.63) is 34.4 Å². The molecule has 0 atom stereocenters. The summed E-state index contributed by atoms with van der Waals surface area (Å²) in [5.74, 6) is 0. The molecule has 1 rings (SSSR count). The first-order valence-corrected chi connectivity index (χ1v) is 6.97. The number of hydrogen-bond donors (Lipinski definition) is 1. The summed E-state index contributed by atoms with van der Waals surface area (Å²) in [4.78, 5) is 10.3. The number of benzene rings is 1. The van der Waals surface area contributed by atoms with E-state index in [2.05, 4.69) is 5.09 Å². The first-order chi connectivity index (χ1) is 8.52. The topological polar surface area (TPSA) is 90.7 Å². The largest absolute Gasteiger partial charge is 0.432 e.